The number of allylic oxidation sites excluding steroid dienone is 4. The number of rotatable bonds is 1. The van der Waals surface area contributed by atoms with E-state index < -0.39 is 0 Å². The zero-order valence-corrected chi connectivity index (χ0v) is 16.0. The van der Waals surface area contributed by atoms with Crippen LogP contribution in [0, 0.1) is 6.07 Å². The van der Waals surface area contributed by atoms with Crippen LogP contribution < -0.4 is 24.8 Å². The molecular weight excluding hydrogens is 390 g/mol. The van der Waals surface area contributed by atoms with Crippen molar-refractivity contribution in [2.24, 2.45) is 0 Å². The maximum atomic E-state index is 3.61. The molecule has 0 saturated heterocycles. The first-order chi connectivity index (χ1) is 9.92. The molecule has 0 saturated carbocycles. The first-order valence-corrected chi connectivity index (χ1v) is 8.50. The van der Waals surface area contributed by atoms with E-state index in [1.807, 2.05) is 0 Å². The smallest absolute Gasteiger partial charge is 0.0195 e. The van der Waals surface area contributed by atoms with Crippen molar-refractivity contribution < 1.29 is 49.0 Å². The second kappa shape index (κ2) is 8.77. The predicted molar refractivity (Wildman–Crippen MR) is 82.4 cm³/mol. The number of halogens is 2. The maximum absolute atomic E-state index is 3.61. The van der Waals surface area contributed by atoms with Crippen LogP contribution in [0.15, 0.2) is 54.6 Å². The van der Waals surface area contributed by atoms with E-state index in [-0.39, 0.29) is 24.8 Å². The second-order valence-electron chi connectivity index (χ2n) is 4.92. The maximum Gasteiger partial charge on any atom is -0.0195 e. The number of benzene rings is 2. The third-order valence-corrected chi connectivity index (χ3v) is 3.82. The van der Waals surface area contributed by atoms with E-state index in [0.717, 1.165) is 12.8 Å². The third-order valence-electron chi connectivity index (χ3n) is 3.82. The molecule has 0 N–H and O–H groups in total. The number of fused-ring (bicyclic) bond motifs is 3. The van der Waals surface area contributed by atoms with Crippen molar-refractivity contribution in [2.75, 3.05) is 0 Å². The van der Waals surface area contributed by atoms with Gasteiger partial charge in [-0.2, -0.15) is 0 Å². The zero-order chi connectivity index (χ0) is 13.9. The van der Waals surface area contributed by atoms with Gasteiger partial charge < -0.3 is 24.8 Å². The molecule has 2 aliphatic rings. The van der Waals surface area contributed by atoms with Crippen molar-refractivity contribution in [1.29, 1.82) is 0 Å². The third kappa shape index (κ3) is 3.59. The molecule has 0 nitrogen and oxygen atoms in total. The van der Waals surface area contributed by atoms with Crippen LogP contribution in [0.2, 0.25) is 0 Å². The van der Waals surface area contributed by atoms with E-state index in [9.17, 15) is 0 Å². The van der Waals surface area contributed by atoms with Gasteiger partial charge in [0.05, 0.1) is 0 Å². The fourth-order valence-corrected chi connectivity index (χ4v) is 2.89. The molecular formula is C19H15Cl2Zr-. The summed E-state index contributed by atoms with van der Waals surface area (Å²) in [4.78, 5) is 0. The van der Waals surface area contributed by atoms with Gasteiger partial charge in [0.15, 0.2) is 0 Å². The van der Waals surface area contributed by atoms with Crippen LogP contribution in [0.25, 0.3) is 16.7 Å². The van der Waals surface area contributed by atoms with Crippen molar-refractivity contribution in [3.05, 3.63) is 77.4 Å². The summed E-state index contributed by atoms with van der Waals surface area (Å²) in [7, 11) is 0. The Hall–Kier alpha value is -0.747. The summed E-state index contributed by atoms with van der Waals surface area (Å²) < 4.78 is 3.34. The van der Waals surface area contributed by atoms with Crippen LogP contribution >= 0.6 is 0 Å². The Morgan fingerprint density at radius 3 is 2.45 bits per heavy atom. The summed E-state index contributed by atoms with van der Waals surface area (Å²) in [6, 6.07) is 16.7. The molecule has 0 amide bonds. The summed E-state index contributed by atoms with van der Waals surface area (Å²) in [6.07, 6.45) is 8.60. The molecule has 110 valence electrons. The minimum absolute atomic E-state index is 0. The first kappa shape index (κ1) is 19.3. The van der Waals surface area contributed by atoms with E-state index in [4.69, 9.17) is 0 Å². The van der Waals surface area contributed by atoms with E-state index >= 15 is 0 Å². The summed E-state index contributed by atoms with van der Waals surface area (Å²) in [5, 5.41) is 0. The van der Waals surface area contributed by atoms with Gasteiger partial charge in [-0.05, 0) is 18.4 Å². The molecule has 2 aromatic carbocycles. The van der Waals surface area contributed by atoms with E-state index in [1.165, 1.54) is 57.6 Å². The van der Waals surface area contributed by atoms with Crippen molar-refractivity contribution >= 4 is 9.78 Å². The normalized spacial score (nSPS) is 12.9. The van der Waals surface area contributed by atoms with Gasteiger partial charge in [-0.1, -0.05) is 47.5 Å². The van der Waals surface area contributed by atoms with Crippen LogP contribution in [0.5, 0.6) is 0 Å². The van der Waals surface area contributed by atoms with Crippen LogP contribution in [0.4, 0.5) is 0 Å². The minimum Gasteiger partial charge on any atom is -1.00 e. The topological polar surface area (TPSA) is 0 Å². The Bertz CT molecular complexity index is 717. The Morgan fingerprint density at radius 2 is 1.73 bits per heavy atom. The molecule has 0 heterocycles. The molecule has 0 aromatic heterocycles. The molecule has 0 bridgehead atoms. The zero-order valence-electron chi connectivity index (χ0n) is 12.1. The fourth-order valence-electron chi connectivity index (χ4n) is 2.89. The van der Waals surface area contributed by atoms with Crippen LogP contribution in [0.3, 0.4) is 0 Å². The molecule has 2 aliphatic carbocycles. The first-order valence-electron chi connectivity index (χ1n) is 6.77. The quantitative estimate of drug-likeness (QED) is 0.427. The summed E-state index contributed by atoms with van der Waals surface area (Å²) in [5.41, 5.74) is 8.16. The largest absolute Gasteiger partial charge is 1.00 e. The molecule has 4 rings (SSSR count). The van der Waals surface area contributed by atoms with Gasteiger partial charge >= 0.3 is 28.4 Å². The van der Waals surface area contributed by atoms with Crippen molar-refractivity contribution in [3.8, 4) is 11.1 Å². The number of hydrogen-bond acceptors (Lipinski definition) is 0. The molecule has 0 fully saturated rings. The number of hydrogen-bond donors (Lipinski definition) is 0. The monoisotopic (exact) mass is 403 g/mol. The molecule has 2 aromatic rings. The van der Waals surface area contributed by atoms with Gasteiger partial charge in [0, 0.05) is 0 Å². The van der Waals surface area contributed by atoms with Gasteiger partial charge in [0.2, 0.25) is 0 Å². The SMILES string of the molecule is [CH2]=[Zr+2].[Cl-].[Cl-].[c-]1c(C2=CC=CC2)ccc2c1Cc1ccccc1-2. The summed E-state index contributed by atoms with van der Waals surface area (Å²) >= 11 is 1.30. The Labute approximate surface area is 159 Å². The summed E-state index contributed by atoms with van der Waals surface area (Å²) in [5.74, 6) is 0. The standard InChI is InChI=1S/C18H13.CH2.2ClH.Zr/c1-2-6-13(5-1)14-9-10-18-16(11-14)12-15-7-3-4-8-17(15)18;;;;/h1-5,7-10H,6,12H2;1H2;2*1H;/q-1;;;;+2/p-2. The van der Waals surface area contributed by atoms with E-state index in [0.29, 0.717) is 0 Å². The van der Waals surface area contributed by atoms with E-state index in [2.05, 4.69) is 64.9 Å². The molecule has 0 unspecified atom stereocenters. The fraction of sp³-hybridized carbons (Fsp3) is 0.105. The summed E-state index contributed by atoms with van der Waals surface area (Å²) in [6.45, 7) is 0. The van der Waals surface area contributed by atoms with Gasteiger partial charge in [0.1, 0.15) is 0 Å². The van der Waals surface area contributed by atoms with Crippen molar-refractivity contribution in [3.63, 3.8) is 0 Å². The van der Waals surface area contributed by atoms with Crippen LogP contribution in [-0.2, 0) is 30.7 Å². The molecule has 0 atom stereocenters. The average molecular weight is 405 g/mol. The average Bonchev–Trinajstić information content (AvgIpc) is 3.16. The predicted octanol–water partition coefficient (Wildman–Crippen LogP) is -1.63. The molecule has 0 spiro atoms. The Balaban J connectivity index is 0.000000583. The van der Waals surface area contributed by atoms with Crippen LogP contribution in [0.1, 0.15) is 23.1 Å². The van der Waals surface area contributed by atoms with Crippen molar-refractivity contribution in [1.82, 2.24) is 0 Å². The second-order valence-corrected chi connectivity index (χ2v) is 4.92. The van der Waals surface area contributed by atoms with Gasteiger partial charge in [0.25, 0.3) is 0 Å². The minimum atomic E-state index is 0. The van der Waals surface area contributed by atoms with Gasteiger partial charge in [-0.15, -0.1) is 41.0 Å². The molecule has 0 aliphatic heterocycles. The van der Waals surface area contributed by atoms with Gasteiger partial charge in [-0.25, -0.2) is 0 Å². The Morgan fingerprint density at radius 1 is 0.955 bits per heavy atom. The molecule has 0 radical (unpaired) electrons. The van der Waals surface area contributed by atoms with Crippen LogP contribution in [-0.4, -0.2) is 4.21 Å². The van der Waals surface area contributed by atoms with E-state index in [1.54, 1.807) is 0 Å². The van der Waals surface area contributed by atoms with Gasteiger partial charge in [-0.3, -0.25) is 0 Å². The Kier molecular flexibility index (Phi) is 7.70. The molecule has 22 heavy (non-hydrogen) atoms. The molecule has 3 heteroatoms. The van der Waals surface area contributed by atoms with Crippen molar-refractivity contribution in [2.45, 2.75) is 12.8 Å².